The van der Waals surface area contributed by atoms with E-state index in [2.05, 4.69) is 18.7 Å². The van der Waals surface area contributed by atoms with Gasteiger partial charge in [0.1, 0.15) is 0 Å². The highest BCUT2D eigenvalue weighted by atomic mass is 16.5. The van der Waals surface area contributed by atoms with E-state index in [1.54, 1.807) is 7.11 Å². The number of methoxy groups -OCH3 is 1. The molecule has 4 heteroatoms. The summed E-state index contributed by atoms with van der Waals surface area (Å²) in [5.74, 6) is 0.706. The van der Waals surface area contributed by atoms with Crippen LogP contribution in [0.15, 0.2) is 0 Å². The van der Waals surface area contributed by atoms with Gasteiger partial charge >= 0.3 is 0 Å². The van der Waals surface area contributed by atoms with Gasteiger partial charge in [-0.3, -0.25) is 0 Å². The van der Waals surface area contributed by atoms with E-state index in [4.69, 9.17) is 9.47 Å². The summed E-state index contributed by atoms with van der Waals surface area (Å²) in [5, 5.41) is 9.68. The number of likely N-dealkylation sites (N-methyl/N-ethyl adjacent to an activating group) is 1. The number of aliphatic hydroxyl groups excluding tert-OH is 1. The van der Waals surface area contributed by atoms with Gasteiger partial charge < -0.3 is 19.5 Å². The molecule has 98 valence electrons. The number of hydrogen-bond donors (Lipinski definition) is 1. The van der Waals surface area contributed by atoms with E-state index in [1.165, 1.54) is 0 Å². The van der Waals surface area contributed by atoms with E-state index in [9.17, 15) is 5.11 Å². The first-order valence-corrected chi connectivity index (χ1v) is 5.99. The molecule has 0 aromatic carbocycles. The Labute approximate surface area is 99.5 Å². The predicted molar refractivity (Wildman–Crippen MR) is 65.7 cm³/mol. The Morgan fingerprint density at radius 2 is 1.94 bits per heavy atom. The van der Waals surface area contributed by atoms with Crippen molar-refractivity contribution in [2.24, 2.45) is 5.92 Å². The van der Waals surface area contributed by atoms with Crippen molar-refractivity contribution in [2.45, 2.75) is 26.4 Å². The molecule has 0 aliphatic rings. The summed E-state index contributed by atoms with van der Waals surface area (Å²) in [7, 11) is 3.67. The summed E-state index contributed by atoms with van der Waals surface area (Å²) in [6.07, 6.45) is 0.752. The molecule has 1 atom stereocenters. The summed E-state index contributed by atoms with van der Waals surface area (Å²) < 4.78 is 10.1. The molecule has 0 saturated heterocycles. The second-order valence-corrected chi connectivity index (χ2v) is 4.67. The molecular weight excluding hydrogens is 206 g/mol. The van der Waals surface area contributed by atoms with Crippen molar-refractivity contribution in [3.05, 3.63) is 0 Å². The van der Waals surface area contributed by atoms with Crippen LogP contribution in [0, 0.1) is 5.92 Å². The molecule has 0 spiro atoms. The second kappa shape index (κ2) is 10.0. The van der Waals surface area contributed by atoms with Gasteiger partial charge in [-0.2, -0.15) is 0 Å². The third-order valence-electron chi connectivity index (χ3n) is 2.35. The van der Waals surface area contributed by atoms with Gasteiger partial charge in [-0.25, -0.2) is 0 Å². The van der Waals surface area contributed by atoms with Gasteiger partial charge in [0.2, 0.25) is 0 Å². The van der Waals surface area contributed by atoms with Crippen molar-refractivity contribution in [2.75, 3.05) is 47.1 Å². The lowest BCUT2D eigenvalue weighted by Crippen LogP contribution is -2.33. The molecule has 4 nitrogen and oxygen atoms in total. The highest BCUT2D eigenvalue weighted by molar-refractivity contribution is 4.61. The Balaban J connectivity index is 3.42. The standard InChI is InChI=1S/C12H27NO3/c1-11(2)5-6-13(3)9-12(14)10-16-8-7-15-4/h11-12,14H,5-10H2,1-4H3. The average Bonchev–Trinajstić information content (AvgIpc) is 2.21. The van der Waals surface area contributed by atoms with Gasteiger partial charge in [-0.15, -0.1) is 0 Å². The Kier molecular flexibility index (Phi) is 9.92. The normalized spacial score (nSPS) is 13.7. The fourth-order valence-corrected chi connectivity index (χ4v) is 1.34. The smallest absolute Gasteiger partial charge is 0.0900 e. The number of rotatable bonds is 10. The minimum Gasteiger partial charge on any atom is -0.389 e. The van der Waals surface area contributed by atoms with Crippen molar-refractivity contribution in [3.8, 4) is 0 Å². The van der Waals surface area contributed by atoms with Gasteiger partial charge in [0.25, 0.3) is 0 Å². The molecule has 0 bridgehead atoms. The molecular formula is C12H27NO3. The lowest BCUT2D eigenvalue weighted by atomic mass is 10.1. The minimum atomic E-state index is -0.408. The van der Waals surface area contributed by atoms with Gasteiger partial charge in [-0.1, -0.05) is 13.8 Å². The van der Waals surface area contributed by atoms with Crippen LogP contribution in [0.1, 0.15) is 20.3 Å². The van der Waals surface area contributed by atoms with Crippen molar-refractivity contribution in [3.63, 3.8) is 0 Å². The number of hydrogen-bond acceptors (Lipinski definition) is 4. The highest BCUT2D eigenvalue weighted by Gasteiger charge is 2.08. The molecule has 0 aliphatic carbocycles. The van der Waals surface area contributed by atoms with Crippen molar-refractivity contribution in [1.29, 1.82) is 0 Å². The lowest BCUT2D eigenvalue weighted by molar-refractivity contribution is 0.00205. The highest BCUT2D eigenvalue weighted by Crippen LogP contribution is 2.01. The zero-order chi connectivity index (χ0) is 12.4. The van der Waals surface area contributed by atoms with Crippen LogP contribution in [-0.2, 0) is 9.47 Å². The van der Waals surface area contributed by atoms with Crippen LogP contribution >= 0.6 is 0 Å². The van der Waals surface area contributed by atoms with Crippen LogP contribution in [0.2, 0.25) is 0 Å². The van der Waals surface area contributed by atoms with Crippen LogP contribution in [0.4, 0.5) is 0 Å². The molecule has 0 aromatic heterocycles. The summed E-state index contributed by atoms with van der Waals surface area (Å²) in [6.45, 7) is 7.61. The first-order valence-electron chi connectivity index (χ1n) is 5.99. The SMILES string of the molecule is COCCOCC(O)CN(C)CCC(C)C. The molecule has 0 radical (unpaired) electrons. The van der Waals surface area contributed by atoms with Crippen molar-refractivity contribution < 1.29 is 14.6 Å². The molecule has 1 N–H and O–H groups in total. The summed E-state index contributed by atoms with van der Waals surface area (Å²) in [4.78, 5) is 2.14. The summed E-state index contributed by atoms with van der Waals surface area (Å²) >= 11 is 0. The monoisotopic (exact) mass is 233 g/mol. The minimum absolute atomic E-state index is 0.384. The van der Waals surface area contributed by atoms with E-state index >= 15 is 0 Å². The fraction of sp³-hybridized carbons (Fsp3) is 1.00. The van der Waals surface area contributed by atoms with E-state index in [-0.39, 0.29) is 0 Å². The lowest BCUT2D eigenvalue weighted by Gasteiger charge is -2.21. The topological polar surface area (TPSA) is 41.9 Å². The molecule has 0 rings (SSSR count). The number of nitrogens with zero attached hydrogens (tertiary/aromatic N) is 1. The molecule has 1 unspecified atom stereocenters. The third kappa shape index (κ3) is 10.4. The maximum absolute atomic E-state index is 9.68. The molecule has 0 aliphatic heterocycles. The molecule has 16 heavy (non-hydrogen) atoms. The quantitative estimate of drug-likeness (QED) is 0.571. The van der Waals surface area contributed by atoms with Gasteiger partial charge in [-0.05, 0) is 25.9 Å². The average molecular weight is 233 g/mol. The van der Waals surface area contributed by atoms with E-state index in [0.717, 1.165) is 13.0 Å². The molecule has 0 heterocycles. The van der Waals surface area contributed by atoms with Crippen LogP contribution in [0.3, 0.4) is 0 Å². The third-order valence-corrected chi connectivity index (χ3v) is 2.35. The van der Waals surface area contributed by atoms with Crippen LogP contribution < -0.4 is 0 Å². The van der Waals surface area contributed by atoms with Gasteiger partial charge in [0.05, 0.1) is 25.9 Å². The predicted octanol–water partition coefficient (Wildman–Crippen LogP) is 0.988. The Hall–Kier alpha value is -0.160. The Bertz CT molecular complexity index is 153. The van der Waals surface area contributed by atoms with Crippen molar-refractivity contribution in [1.82, 2.24) is 4.90 Å². The fourth-order valence-electron chi connectivity index (χ4n) is 1.34. The molecule has 0 fully saturated rings. The first kappa shape index (κ1) is 15.8. The summed E-state index contributed by atoms with van der Waals surface area (Å²) in [6, 6.07) is 0. The largest absolute Gasteiger partial charge is 0.389 e. The van der Waals surface area contributed by atoms with Crippen molar-refractivity contribution >= 4 is 0 Å². The molecule has 0 amide bonds. The van der Waals surface area contributed by atoms with Gasteiger partial charge in [0, 0.05) is 13.7 Å². The van der Waals surface area contributed by atoms with Gasteiger partial charge in [0.15, 0.2) is 0 Å². The summed E-state index contributed by atoms with van der Waals surface area (Å²) in [5.41, 5.74) is 0. The maximum Gasteiger partial charge on any atom is 0.0900 e. The maximum atomic E-state index is 9.68. The van der Waals surface area contributed by atoms with E-state index in [0.29, 0.717) is 32.3 Å². The van der Waals surface area contributed by atoms with E-state index < -0.39 is 6.10 Å². The Morgan fingerprint density at radius 1 is 1.25 bits per heavy atom. The second-order valence-electron chi connectivity index (χ2n) is 4.67. The zero-order valence-corrected chi connectivity index (χ0v) is 11.1. The number of ether oxygens (including phenoxy) is 2. The molecule has 0 aromatic rings. The number of aliphatic hydroxyl groups is 1. The zero-order valence-electron chi connectivity index (χ0n) is 11.1. The Morgan fingerprint density at radius 3 is 2.50 bits per heavy atom. The van der Waals surface area contributed by atoms with E-state index in [1.807, 2.05) is 7.05 Å². The van der Waals surface area contributed by atoms with Crippen LogP contribution in [-0.4, -0.2) is 63.2 Å². The first-order chi connectivity index (χ1) is 7.56. The van der Waals surface area contributed by atoms with Crippen LogP contribution in [0.5, 0.6) is 0 Å². The van der Waals surface area contributed by atoms with Crippen LogP contribution in [0.25, 0.3) is 0 Å². The molecule has 0 saturated carbocycles.